The lowest BCUT2D eigenvalue weighted by Gasteiger charge is -2.37. The number of nitrogens with one attached hydrogen (secondary N) is 1. The number of rotatable bonds is 2. The minimum atomic E-state index is -0.0464. The van der Waals surface area contributed by atoms with Crippen LogP contribution in [0.2, 0.25) is 0 Å². The number of carbonyl (C=O) groups is 1. The van der Waals surface area contributed by atoms with Gasteiger partial charge >= 0.3 is 6.03 Å². The topological polar surface area (TPSA) is 66.3 Å². The molecular formula is C22H32N6O. The zero-order valence-electron chi connectivity index (χ0n) is 17.9. The van der Waals surface area contributed by atoms with Crippen LogP contribution in [0, 0.1) is 5.41 Å². The molecule has 29 heavy (non-hydrogen) atoms. The highest BCUT2D eigenvalue weighted by atomic mass is 16.2. The third kappa shape index (κ3) is 4.29. The molecule has 0 aromatic carbocycles. The van der Waals surface area contributed by atoms with Crippen molar-refractivity contribution in [1.29, 1.82) is 0 Å². The molecule has 7 heteroatoms. The molecule has 1 N–H and O–H groups in total. The van der Waals surface area contributed by atoms with Gasteiger partial charge in [0.2, 0.25) is 0 Å². The van der Waals surface area contributed by atoms with Gasteiger partial charge in [0.25, 0.3) is 0 Å². The van der Waals surface area contributed by atoms with Gasteiger partial charge < -0.3 is 15.1 Å². The first-order chi connectivity index (χ1) is 13.8. The second-order valence-electron chi connectivity index (χ2n) is 9.41. The summed E-state index contributed by atoms with van der Waals surface area (Å²) in [7, 11) is 2.15. The zero-order valence-corrected chi connectivity index (χ0v) is 17.9. The molecule has 4 rings (SSSR count). The van der Waals surface area contributed by atoms with Crippen molar-refractivity contribution in [3.8, 4) is 5.82 Å². The SMILES string of the molecule is CC1CC(NC(=O)N2Cc3cnn(-c4ccccn4)c3CC(C)(C)C2)CCN1C. The molecule has 0 radical (unpaired) electrons. The smallest absolute Gasteiger partial charge is 0.317 e. The molecule has 2 unspecified atom stereocenters. The van der Waals surface area contributed by atoms with Crippen LogP contribution >= 0.6 is 0 Å². The van der Waals surface area contributed by atoms with Gasteiger partial charge in [-0.1, -0.05) is 19.9 Å². The Labute approximate surface area is 173 Å². The van der Waals surface area contributed by atoms with E-state index in [-0.39, 0.29) is 17.5 Å². The Morgan fingerprint density at radius 3 is 2.86 bits per heavy atom. The number of pyridine rings is 1. The highest BCUT2D eigenvalue weighted by molar-refractivity contribution is 5.74. The van der Waals surface area contributed by atoms with Crippen molar-refractivity contribution in [2.45, 2.75) is 58.7 Å². The van der Waals surface area contributed by atoms with Crippen molar-refractivity contribution >= 4 is 6.03 Å². The highest BCUT2D eigenvalue weighted by Gasteiger charge is 2.34. The highest BCUT2D eigenvalue weighted by Crippen LogP contribution is 2.31. The van der Waals surface area contributed by atoms with E-state index in [2.05, 4.69) is 48.1 Å². The molecule has 156 valence electrons. The lowest BCUT2D eigenvalue weighted by Crippen LogP contribution is -2.51. The van der Waals surface area contributed by atoms with Crippen molar-refractivity contribution in [2.75, 3.05) is 20.1 Å². The normalized spacial score (nSPS) is 24.6. The van der Waals surface area contributed by atoms with E-state index in [0.29, 0.717) is 12.6 Å². The number of hydrogen-bond acceptors (Lipinski definition) is 4. The van der Waals surface area contributed by atoms with Crippen molar-refractivity contribution in [2.24, 2.45) is 5.41 Å². The van der Waals surface area contributed by atoms with Gasteiger partial charge in [-0.25, -0.2) is 14.5 Å². The third-order valence-corrected chi connectivity index (χ3v) is 6.27. The number of hydrogen-bond donors (Lipinski definition) is 1. The van der Waals surface area contributed by atoms with Crippen LogP contribution in [0.4, 0.5) is 4.79 Å². The van der Waals surface area contributed by atoms with E-state index in [9.17, 15) is 4.79 Å². The van der Waals surface area contributed by atoms with Crippen molar-refractivity contribution in [3.05, 3.63) is 41.9 Å². The van der Waals surface area contributed by atoms with Crippen LogP contribution in [0.1, 0.15) is 44.9 Å². The van der Waals surface area contributed by atoms with Gasteiger partial charge in [-0.05, 0) is 50.8 Å². The molecule has 2 aliphatic rings. The number of piperidine rings is 1. The minimum absolute atomic E-state index is 0.0401. The number of nitrogens with zero attached hydrogens (tertiary/aromatic N) is 5. The summed E-state index contributed by atoms with van der Waals surface area (Å²) >= 11 is 0. The Morgan fingerprint density at radius 2 is 2.14 bits per heavy atom. The number of likely N-dealkylation sites (tertiary alicyclic amines) is 1. The van der Waals surface area contributed by atoms with Gasteiger partial charge in [-0.3, -0.25) is 0 Å². The Kier molecular flexibility index (Phi) is 5.34. The maximum absolute atomic E-state index is 13.1. The summed E-state index contributed by atoms with van der Waals surface area (Å²) in [5.41, 5.74) is 2.21. The summed E-state index contributed by atoms with van der Waals surface area (Å²) in [5, 5.41) is 7.89. The molecule has 2 aliphatic heterocycles. The minimum Gasteiger partial charge on any atom is -0.335 e. The molecule has 4 heterocycles. The number of amides is 2. The second kappa shape index (κ2) is 7.78. The van der Waals surface area contributed by atoms with Crippen molar-refractivity contribution in [1.82, 2.24) is 29.9 Å². The standard InChI is InChI=1S/C22H32N6O/c1-16-11-18(8-10-26(16)4)25-21(29)27-14-17-13-24-28(20-7-5-6-9-23-20)19(17)12-22(2,3)15-27/h5-7,9,13,16,18H,8,10-12,14-15H2,1-4H3,(H,25,29). The average molecular weight is 397 g/mol. The molecule has 2 aromatic heterocycles. The molecule has 2 amide bonds. The van der Waals surface area contributed by atoms with Gasteiger partial charge in [0.15, 0.2) is 5.82 Å². The lowest BCUT2D eigenvalue weighted by atomic mass is 9.87. The van der Waals surface area contributed by atoms with Gasteiger partial charge in [0.1, 0.15) is 0 Å². The molecule has 0 aliphatic carbocycles. The molecule has 1 saturated heterocycles. The van der Waals surface area contributed by atoms with Gasteiger partial charge in [-0.15, -0.1) is 0 Å². The third-order valence-electron chi connectivity index (χ3n) is 6.27. The van der Waals surface area contributed by atoms with Crippen LogP contribution in [0.15, 0.2) is 30.6 Å². The molecule has 7 nitrogen and oxygen atoms in total. The quantitative estimate of drug-likeness (QED) is 0.848. The lowest BCUT2D eigenvalue weighted by molar-refractivity contribution is 0.143. The predicted molar refractivity (Wildman–Crippen MR) is 113 cm³/mol. The van der Waals surface area contributed by atoms with E-state index >= 15 is 0 Å². The van der Waals surface area contributed by atoms with E-state index in [1.165, 1.54) is 0 Å². The van der Waals surface area contributed by atoms with Gasteiger partial charge in [0, 0.05) is 36.9 Å². The van der Waals surface area contributed by atoms with E-state index in [0.717, 1.165) is 49.4 Å². The maximum Gasteiger partial charge on any atom is 0.317 e. The first-order valence-corrected chi connectivity index (χ1v) is 10.6. The monoisotopic (exact) mass is 396 g/mol. The number of urea groups is 1. The van der Waals surface area contributed by atoms with Crippen LogP contribution in [0.3, 0.4) is 0 Å². The Balaban J connectivity index is 1.53. The van der Waals surface area contributed by atoms with Crippen molar-refractivity contribution < 1.29 is 4.79 Å². The largest absolute Gasteiger partial charge is 0.335 e. The summed E-state index contributed by atoms with van der Waals surface area (Å²) in [5.74, 6) is 0.822. The molecular weight excluding hydrogens is 364 g/mol. The van der Waals surface area contributed by atoms with Crippen LogP contribution in [0.25, 0.3) is 5.82 Å². The van der Waals surface area contributed by atoms with E-state index in [1.807, 2.05) is 34.0 Å². The number of fused-ring (bicyclic) bond motifs is 1. The molecule has 0 spiro atoms. The molecule has 0 saturated carbocycles. The summed E-state index contributed by atoms with van der Waals surface area (Å²) < 4.78 is 1.93. The Hall–Kier alpha value is -2.41. The molecule has 2 atom stereocenters. The van der Waals surface area contributed by atoms with E-state index < -0.39 is 0 Å². The fourth-order valence-corrected chi connectivity index (χ4v) is 4.52. The fraction of sp³-hybridized carbons (Fsp3) is 0.591. The second-order valence-corrected chi connectivity index (χ2v) is 9.41. The summed E-state index contributed by atoms with van der Waals surface area (Å²) in [4.78, 5) is 21.9. The van der Waals surface area contributed by atoms with Crippen LogP contribution < -0.4 is 5.32 Å². The van der Waals surface area contributed by atoms with E-state index in [4.69, 9.17) is 0 Å². The Morgan fingerprint density at radius 1 is 1.31 bits per heavy atom. The molecule has 2 aromatic rings. The van der Waals surface area contributed by atoms with E-state index in [1.54, 1.807) is 6.20 Å². The summed E-state index contributed by atoms with van der Waals surface area (Å²) in [6, 6.07) is 6.63. The first-order valence-electron chi connectivity index (χ1n) is 10.6. The Bertz CT molecular complexity index is 861. The van der Waals surface area contributed by atoms with Crippen LogP contribution in [-0.4, -0.2) is 62.8 Å². The summed E-state index contributed by atoms with van der Waals surface area (Å²) in [6.07, 6.45) is 6.54. The number of carbonyl (C=O) groups excluding carboxylic acids is 1. The molecule has 0 bridgehead atoms. The maximum atomic E-state index is 13.1. The predicted octanol–water partition coefficient (Wildman–Crippen LogP) is 2.84. The van der Waals surface area contributed by atoms with Gasteiger partial charge in [-0.2, -0.15) is 5.10 Å². The van der Waals surface area contributed by atoms with Crippen LogP contribution in [0.5, 0.6) is 0 Å². The first kappa shape index (κ1) is 19.9. The zero-order chi connectivity index (χ0) is 20.6. The van der Waals surface area contributed by atoms with Crippen LogP contribution in [-0.2, 0) is 13.0 Å². The summed E-state index contributed by atoms with van der Waals surface area (Å²) in [6.45, 7) is 8.99. The fourth-order valence-electron chi connectivity index (χ4n) is 4.52. The molecule has 1 fully saturated rings. The van der Waals surface area contributed by atoms with Crippen molar-refractivity contribution in [3.63, 3.8) is 0 Å². The number of aromatic nitrogens is 3. The average Bonchev–Trinajstić information content (AvgIpc) is 2.99. The van der Waals surface area contributed by atoms with Gasteiger partial charge in [0.05, 0.1) is 18.4 Å².